The molecule has 0 spiro atoms. The summed E-state index contributed by atoms with van der Waals surface area (Å²) in [7, 11) is 1.19. The van der Waals surface area contributed by atoms with Gasteiger partial charge >= 0.3 is 17.9 Å². The lowest BCUT2D eigenvalue weighted by Crippen LogP contribution is -2.00. The molecule has 0 saturated carbocycles. The Morgan fingerprint density at radius 1 is 1.47 bits per heavy atom. The van der Waals surface area contributed by atoms with Gasteiger partial charge in [-0.05, 0) is 5.16 Å². The zero-order chi connectivity index (χ0) is 10.8. The summed E-state index contributed by atoms with van der Waals surface area (Å²) in [5, 5.41) is 10.4. The third-order valence-electron chi connectivity index (χ3n) is 1.42. The van der Waals surface area contributed by atoms with Crippen molar-refractivity contribution in [2.24, 2.45) is 0 Å². The van der Waals surface area contributed by atoms with E-state index < -0.39 is 5.97 Å². The number of nitrogens with two attached hydrogens (primary N) is 1. The quantitative estimate of drug-likeness (QED) is 0.652. The van der Waals surface area contributed by atoms with Gasteiger partial charge in [-0.15, -0.1) is 10.2 Å². The number of nitrogen functional groups attached to an aromatic ring is 1. The summed E-state index contributed by atoms with van der Waals surface area (Å²) in [5.41, 5.74) is 5.19. The zero-order valence-electron chi connectivity index (χ0n) is 7.50. The molecule has 0 aliphatic carbocycles. The Labute approximate surface area is 82.2 Å². The highest BCUT2D eigenvalue weighted by molar-refractivity contribution is 5.84. The fraction of sp³-hybridized carbons (Fsp3) is 0.167. The van der Waals surface area contributed by atoms with Gasteiger partial charge in [-0.25, -0.2) is 4.79 Å². The van der Waals surface area contributed by atoms with Crippen molar-refractivity contribution >= 4 is 12.0 Å². The van der Waals surface area contributed by atoms with Gasteiger partial charge in [0.2, 0.25) is 0 Å². The maximum Gasteiger partial charge on any atom is 0.396 e. The first-order valence-electron chi connectivity index (χ1n) is 3.72. The van der Waals surface area contributed by atoms with Crippen LogP contribution in [0.4, 0.5) is 6.01 Å². The Hall–Kier alpha value is -2.45. The maximum atomic E-state index is 11.0. The fourth-order valence-corrected chi connectivity index (χ4v) is 0.805. The Morgan fingerprint density at radius 2 is 2.27 bits per heavy atom. The standard InChI is InChI=1S/C6H5N5O4/c1-13-5(12)4-10-9-3(14-4)2-8-6(7)15-11-2/h1H3,(H2,7,8,11). The molecule has 0 saturated heterocycles. The topological polar surface area (TPSA) is 130 Å². The second kappa shape index (κ2) is 3.36. The van der Waals surface area contributed by atoms with Crippen LogP contribution in [0.3, 0.4) is 0 Å². The Kier molecular flexibility index (Phi) is 2.04. The van der Waals surface area contributed by atoms with Gasteiger partial charge in [0, 0.05) is 0 Å². The number of nitrogens with zero attached hydrogens (tertiary/aromatic N) is 4. The van der Waals surface area contributed by atoms with Crippen molar-refractivity contribution in [3.8, 4) is 11.7 Å². The third-order valence-corrected chi connectivity index (χ3v) is 1.42. The number of hydrogen-bond donors (Lipinski definition) is 1. The second-order valence-corrected chi connectivity index (χ2v) is 2.36. The molecular formula is C6H5N5O4. The van der Waals surface area contributed by atoms with Gasteiger partial charge in [-0.3, -0.25) is 0 Å². The van der Waals surface area contributed by atoms with E-state index in [0.29, 0.717) is 0 Å². The predicted octanol–water partition coefficient (Wildman–Crippen LogP) is -0.512. The van der Waals surface area contributed by atoms with E-state index in [1.54, 1.807) is 0 Å². The summed E-state index contributed by atoms with van der Waals surface area (Å²) < 4.78 is 13.8. The normalized spacial score (nSPS) is 10.2. The van der Waals surface area contributed by atoms with Gasteiger partial charge in [0.15, 0.2) is 0 Å². The molecule has 0 fully saturated rings. The number of rotatable bonds is 2. The van der Waals surface area contributed by atoms with Crippen LogP contribution in [0.1, 0.15) is 10.7 Å². The van der Waals surface area contributed by atoms with Crippen LogP contribution in [0.25, 0.3) is 11.7 Å². The summed E-state index contributed by atoms with van der Waals surface area (Å²) in [6.45, 7) is 0. The number of carbonyl (C=O) groups is 1. The van der Waals surface area contributed by atoms with E-state index in [0.717, 1.165) is 0 Å². The van der Waals surface area contributed by atoms with E-state index in [1.165, 1.54) is 7.11 Å². The van der Waals surface area contributed by atoms with Crippen molar-refractivity contribution < 1.29 is 18.5 Å². The maximum absolute atomic E-state index is 11.0. The Balaban J connectivity index is 2.31. The predicted molar refractivity (Wildman–Crippen MR) is 43.3 cm³/mol. The van der Waals surface area contributed by atoms with Crippen molar-refractivity contribution in [3.63, 3.8) is 0 Å². The summed E-state index contributed by atoms with van der Waals surface area (Å²) in [6, 6.07) is -0.136. The molecular weight excluding hydrogens is 206 g/mol. The van der Waals surface area contributed by atoms with Gasteiger partial charge in [-0.1, -0.05) is 0 Å². The van der Waals surface area contributed by atoms with E-state index in [-0.39, 0.29) is 23.6 Å². The first kappa shape index (κ1) is 9.12. The number of esters is 1. The number of hydrogen-bond acceptors (Lipinski definition) is 9. The van der Waals surface area contributed by atoms with Crippen molar-refractivity contribution in [3.05, 3.63) is 5.89 Å². The van der Waals surface area contributed by atoms with Crippen LogP contribution in [0.15, 0.2) is 8.94 Å². The molecule has 9 heteroatoms. The smallest absolute Gasteiger partial charge is 0.396 e. The van der Waals surface area contributed by atoms with Crippen molar-refractivity contribution in [1.82, 2.24) is 20.3 Å². The van der Waals surface area contributed by atoms with Gasteiger partial charge < -0.3 is 19.4 Å². The monoisotopic (exact) mass is 211 g/mol. The molecule has 2 aromatic rings. The van der Waals surface area contributed by atoms with E-state index in [2.05, 4.69) is 29.6 Å². The van der Waals surface area contributed by atoms with Crippen LogP contribution in [0.5, 0.6) is 0 Å². The molecule has 2 aromatic heterocycles. The van der Waals surface area contributed by atoms with Crippen LogP contribution in [-0.4, -0.2) is 33.4 Å². The molecule has 0 aliphatic heterocycles. The minimum atomic E-state index is -0.745. The van der Waals surface area contributed by atoms with E-state index >= 15 is 0 Å². The molecule has 0 aliphatic rings. The molecule has 9 nitrogen and oxygen atoms in total. The van der Waals surface area contributed by atoms with Crippen molar-refractivity contribution in [2.45, 2.75) is 0 Å². The van der Waals surface area contributed by atoms with Crippen LogP contribution in [-0.2, 0) is 4.74 Å². The lowest BCUT2D eigenvalue weighted by molar-refractivity contribution is 0.0556. The van der Waals surface area contributed by atoms with Gasteiger partial charge in [0.1, 0.15) is 0 Å². The number of methoxy groups -OCH3 is 1. The molecule has 0 bridgehead atoms. The largest absolute Gasteiger partial charge is 0.462 e. The minimum Gasteiger partial charge on any atom is -0.462 e. The lowest BCUT2D eigenvalue weighted by atomic mass is 10.6. The van der Waals surface area contributed by atoms with Gasteiger partial charge in [-0.2, -0.15) is 4.98 Å². The molecule has 0 radical (unpaired) electrons. The molecule has 0 unspecified atom stereocenters. The van der Waals surface area contributed by atoms with E-state index in [9.17, 15) is 4.79 Å². The number of carbonyl (C=O) groups excluding carboxylic acids is 1. The average Bonchev–Trinajstić information content (AvgIpc) is 2.84. The van der Waals surface area contributed by atoms with Gasteiger partial charge in [0.25, 0.3) is 11.7 Å². The fourth-order valence-electron chi connectivity index (χ4n) is 0.805. The second-order valence-electron chi connectivity index (χ2n) is 2.36. The molecule has 2 N–H and O–H groups in total. The molecule has 2 heterocycles. The molecule has 0 amide bonds. The van der Waals surface area contributed by atoms with Crippen molar-refractivity contribution in [1.29, 1.82) is 0 Å². The summed E-state index contributed by atoms with van der Waals surface area (Å²) in [6.07, 6.45) is 0. The van der Waals surface area contributed by atoms with Gasteiger partial charge in [0.05, 0.1) is 7.11 Å². The Bertz CT molecular complexity index is 489. The van der Waals surface area contributed by atoms with Crippen LogP contribution < -0.4 is 5.73 Å². The third kappa shape index (κ3) is 1.61. The lowest BCUT2D eigenvalue weighted by Gasteiger charge is -1.88. The van der Waals surface area contributed by atoms with Crippen LogP contribution in [0, 0.1) is 0 Å². The summed E-state index contributed by atoms with van der Waals surface area (Å²) in [5.74, 6) is -1.10. The SMILES string of the molecule is COC(=O)c1nnc(-c2noc(N)n2)o1. The van der Waals surface area contributed by atoms with E-state index in [4.69, 9.17) is 10.2 Å². The first-order valence-corrected chi connectivity index (χ1v) is 3.72. The summed E-state index contributed by atoms with van der Waals surface area (Å²) >= 11 is 0. The average molecular weight is 211 g/mol. The molecule has 2 rings (SSSR count). The molecule has 0 atom stereocenters. The molecule has 78 valence electrons. The minimum absolute atomic E-state index is 0.00940. The zero-order valence-corrected chi connectivity index (χ0v) is 7.50. The van der Waals surface area contributed by atoms with E-state index in [1.807, 2.05) is 0 Å². The number of aromatic nitrogens is 4. The number of ether oxygens (including phenoxy) is 1. The molecule has 0 aromatic carbocycles. The number of anilines is 1. The highest BCUT2D eigenvalue weighted by atomic mass is 16.5. The summed E-state index contributed by atoms with van der Waals surface area (Å²) in [4.78, 5) is 14.6. The highest BCUT2D eigenvalue weighted by Gasteiger charge is 2.19. The van der Waals surface area contributed by atoms with Crippen LogP contribution >= 0.6 is 0 Å². The van der Waals surface area contributed by atoms with Crippen molar-refractivity contribution in [2.75, 3.05) is 12.8 Å². The highest BCUT2D eigenvalue weighted by Crippen LogP contribution is 2.14. The van der Waals surface area contributed by atoms with Crippen LogP contribution in [0.2, 0.25) is 0 Å². The molecule has 15 heavy (non-hydrogen) atoms. The Morgan fingerprint density at radius 3 is 2.87 bits per heavy atom. The first-order chi connectivity index (χ1) is 7.20.